The standard InChI is InChI=1S/C40H50O8/c1-10-26-14-11-15-29-32(42)30-31(41)27-19-21-38(9,20-12-13-23(2)3)46-33(27)28(17-16-24(4)5)34(30)47-40(29)37(7,8)48-39(40,35(26)43)22-18-25(6)36(44)45/h13,15-16,18-19,21,26,41H,10-12,14,17,20,22H2,1-9H3,(H,44,45)/b25-18?,29-15-. The number of carboxylic acid groups (broad SMARTS) is 1. The van der Waals surface area contributed by atoms with Crippen molar-refractivity contribution in [3.63, 3.8) is 0 Å². The molecule has 3 heterocycles. The van der Waals surface area contributed by atoms with Crippen LogP contribution in [-0.2, 0) is 20.7 Å². The van der Waals surface area contributed by atoms with Crippen LogP contribution in [0.15, 0.2) is 52.7 Å². The first-order valence-corrected chi connectivity index (χ1v) is 17.1. The first-order valence-electron chi connectivity index (χ1n) is 17.1. The number of benzene rings is 1. The number of rotatable bonds is 9. The highest BCUT2D eigenvalue weighted by atomic mass is 16.6. The molecule has 0 bridgehead atoms. The van der Waals surface area contributed by atoms with Gasteiger partial charge in [-0.25, -0.2) is 4.79 Å². The van der Waals surface area contributed by atoms with Gasteiger partial charge in [-0.15, -0.1) is 0 Å². The minimum absolute atomic E-state index is 0.0399. The molecular formula is C40H50O8. The van der Waals surface area contributed by atoms with Crippen molar-refractivity contribution < 1.29 is 38.8 Å². The van der Waals surface area contributed by atoms with Gasteiger partial charge in [-0.1, -0.05) is 42.4 Å². The van der Waals surface area contributed by atoms with Crippen molar-refractivity contribution in [3.05, 3.63) is 69.4 Å². The lowest BCUT2D eigenvalue weighted by molar-refractivity contribution is -0.350. The first kappa shape index (κ1) is 35.4. The van der Waals surface area contributed by atoms with Crippen molar-refractivity contribution in [2.45, 2.75) is 130 Å². The van der Waals surface area contributed by atoms with Crippen LogP contribution in [-0.4, -0.2) is 50.2 Å². The van der Waals surface area contributed by atoms with E-state index in [1.165, 1.54) is 18.6 Å². The van der Waals surface area contributed by atoms with Gasteiger partial charge in [-0.2, -0.15) is 0 Å². The summed E-state index contributed by atoms with van der Waals surface area (Å²) in [5.41, 5.74) is -1.48. The summed E-state index contributed by atoms with van der Waals surface area (Å²) in [6.45, 7) is 17.1. The van der Waals surface area contributed by atoms with Gasteiger partial charge in [0.1, 0.15) is 34.0 Å². The molecule has 1 saturated heterocycles. The Hall–Kier alpha value is -3.91. The maximum Gasteiger partial charge on any atom is 0.330 e. The maximum atomic E-state index is 14.9. The van der Waals surface area contributed by atoms with Crippen molar-refractivity contribution in [2.75, 3.05) is 0 Å². The van der Waals surface area contributed by atoms with Crippen molar-refractivity contribution in [1.29, 1.82) is 0 Å². The van der Waals surface area contributed by atoms with E-state index in [1.54, 1.807) is 13.8 Å². The van der Waals surface area contributed by atoms with Gasteiger partial charge in [0.15, 0.2) is 17.2 Å². The van der Waals surface area contributed by atoms with E-state index in [0.29, 0.717) is 49.0 Å². The third kappa shape index (κ3) is 5.46. The minimum Gasteiger partial charge on any atom is -0.506 e. The normalized spacial score (nSPS) is 29.6. The molecule has 8 heteroatoms. The van der Waals surface area contributed by atoms with Crippen molar-refractivity contribution >= 4 is 23.6 Å². The van der Waals surface area contributed by atoms with Crippen LogP contribution in [0.3, 0.4) is 0 Å². The second-order valence-corrected chi connectivity index (χ2v) is 14.9. The molecule has 8 nitrogen and oxygen atoms in total. The summed E-state index contributed by atoms with van der Waals surface area (Å²) < 4.78 is 20.5. The molecular weight excluding hydrogens is 608 g/mol. The second-order valence-electron chi connectivity index (χ2n) is 14.9. The van der Waals surface area contributed by atoms with Gasteiger partial charge < -0.3 is 24.4 Å². The average molecular weight is 659 g/mol. The fourth-order valence-electron chi connectivity index (χ4n) is 7.84. The first-order chi connectivity index (χ1) is 22.4. The summed E-state index contributed by atoms with van der Waals surface area (Å²) in [6, 6.07) is 0. The van der Waals surface area contributed by atoms with Gasteiger partial charge in [0.2, 0.25) is 5.60 Å². The number of hydrogen-bond donors (Lipinski definition) is 2. The molecule has 0 amide bonds. The predicted molar refractivity (Wildman–Crippen MR) is 186 cm³/mol. The topological polar surface area (TPSA) is 119 Å². The molecule has 4 atom stereocenters. The molecule has 0 aromatic heterocycles. The molecule has 1 spiro atoms. The van der Waals surface area contributed by atoms with Gasteiger partial charge in [-0.05, 0) is 106 Å². The zero-order chi connectivity index (χ0) is 35.4. The highest BCUT2D eigenvalue weighted by Gasteiger charge is 2.81. The van der Waals surface area contributed by atoms with E-state index in [1.807, 2.05) is 52.0 Å². The van der Waals surface area contributed by atoms with Crippen LogP contribution in [0.5, 0.6) is 17.2 Å². The summed E-state index contributed by atoms with van der Waals surface area (Å²) in [5.74, 6) is -1.74. The lowest BCUT2D eigenvalue weighted by Gasteiger charge is -2.68. The molecule has 258 valence electrons. The van der Waals surface area contributed by atoms with E-state index >= 15 is 0 Å². The Morgan fingerprint density at radius 1 is 1.00 bits per heavy atom. The van der Waals surface area contributed by atoms with Crippen LogP contribution in [0.25, 0.3) is 6.08 Å². The zero-order valence-corrected chi connectivity index (χ0v) is 29.8. The van der Waals surface area contributed by atoms with Crippen LogP contribution in [0.4, 0.5) is 0 Å². The van der Waals surface area contributed by atoms with Gasteiger partial charge in [0, 0.05) is 29.0 Å². The Labute approximate surface area is 284 Å². The number of Topliss-reactive ketones (excluding diaryl/α,β-unsaturated/α-hetero) is 2. The van der Waals surface area contributed by atoms with E-state index in [2.05, 4.69) is 19.9 Å². The minimum atomic E-state index is -1.67. The van der Waals surface area contributed by atoms with E-state index in [-0.39, 0.29) is 46.3 Å². The quantitative estimate of drug-likeness (QED) is 0.201. The molecule has 48 heavy (non-hydrogen) atoms. The summed E-state index contributed by atoms with van der Waals surface area (Å²) in [5, 5.41) is 21.6. The lowest BCUT2D eigenvalue weighted by Crippen LogP contribution is -2.86. The Morgan fingerprint density at radius 2 is 1.69 bits per heavy atom. The maximum absolute atomic E-state index is 14.9. The van der Waals surface area contributed by atoms with Crippen LogP contribution >= 0.6 is 0 Å². The molecule has 0 radical (unpaired) electrons. The summed E-state index contributed by atoms with van der Waals surface area (Å²) >= 11 is 0. The molecule has 3 aliphatic heterocycles. The molecule has 1 fully saturated rings. The SMILES string of the molecule is CCC1CC/C=C2/C(=O)c3c(O)c4c(c(CC=C(C)C)c3OC23C(C)(C)OC3(CC=C(C)C(=O)O)C1=O)OC(C)(CCC=C(C)C)C=C4. The van der Waals surface area contributed by atoms with Crippen molar-refractivity contribution in [2.24, 2.45) is 5.92 Å². The Balaban J connectivity index is 1.79. The molecule has 1 aliphatic carbocycles. The fourth-order valence-corrected chi connectivity index (χ4v) is 7.84. The number of hydrogen-bond acceptors (Lipinski definition) is 7. The molecule has 5 rings (SSSR count). The monoisotopic (exact) mass is 658 g/mol. The average Bonchev–Trinajstić information content (AvgIpc) is 3.00. The number of phenols is 1. The number of allylic oxidation sites excluding steroid dienone is 5. The lowest BCUT2D eigenvalue weighted by atomic mass is 9.54. The third-order valence-electron chi connectivity index (χ3n) is 10.5. The number of phenolic OH excluding ortho intramolecular Hbond substituents is 1. The number of carbonyl (C=O) groups excluding carboxylic acids is 2. The van der Waals surface area contributed by atoms with Gasteiger partial charge in [0.05, 0.1) is 5.56 Å². The van der Waals surface area contributed by atoms with E-state index in [9.17, 15) is 24.6 Å². The Bertz CT molecular complexity index is 1710. The summed E-state index contributed by atoms with van der Waals surface area (Å²) in [4.78, 5) is 41.4. The van der Waals surface area contributed by atoms with Crippen LogP contribution in [0, 0.1) is 5.92 Å². The Morgan fingerprint density at radius 3 is 2.29 bits per heavy atom. The van der Waals surface area contributed by atoms with Crippen molar-refractivity contribution in [1.82, 2.24) is 0 Å². The van der Waals surface area contributed by atoms with E-state index in [4.69, 9.17) is 14.2 Å². The second kappa shape index (κ2) is 12.5. The van der Waals surface area contributed by atoms with E-state index in [0.717, 1.165) is 12.0 Å². The highest BCUT2D eigenvalue weighted by molar-refractivity contribution is 6.17. The molecule has 4 aliphatic rings. The van der Waals surface area contributed by atoms with Crippen LogP contribution in [0.1, 0.15) is 122 Å². The van der Waals surface area contributed by atoms with Crippen LogP contribution < -0.4 is 9.47 Å². The smallest absolute Gasteiger partial charge is 0.330 e. The largest absolute Gasteiger partial charge is 0.506 e. The molecule has 1 aromatic rings. The Kier molecular flexibility index (Phi) is 9.23. The number of ether oxygens (including phenoxy) is 3. The fraction of sp³-hybridized carbons (Fsp3) is 0.525. The third-order valence-corrected chi connectivity index (χ3v) is 10.5. The van der Waals surface area contributed by atoms with Gasteiger partial charge in [0.25, 0.3) is 0 Å². The zero-order valence-electron chi connectivity index (χ0n) is 29.8. The number of carboxylic acids is 1. The van der Waals surface area contributed by atoms with Gasteiger partial charge >= 0.3 is 5.97 Å². The highest BCUT2D eigenvalue weighted by Crippen LogP contribution is 2.65. The van der Waals surface area contributed by atoms with Crippen molar-refractivity contribution in [3.8, 4) is 17.2 Å². The molecule has 2 N–H and O–H groups in total. The summed E-state index contributed by atoms with van der Waals surface area (Å²) in [7, 11) is 0. The molecule has 4 unspecified atom stereocenters. The van der Waals surface area contributed by atoms with E-state index < -0.39 is 34.2 Å². The number of aromatic hydroxyl groups is 1. The van der Waals surface area contributed by atoms with Gasteiger partial charge in [-0.3, -0.25) is 9.59 Å². The number of aliphatic carboxylic acids is 1. The number of carbonyl (C=O) groups is 3. The number of ketones is 2. The van der Waals surface area contributed by atoms with Crippen LogP contribution in [0.2, 0.25) is 0 Å². The molecule has 0 saturated carbocycles. The predicted octanol–water partition coefficient (Wildman–Crippen LogP) is 8.41. The number of fused-ring (bicyclic) bond motifs is 2. The molecule has 1 aromatic carbocycles. The summed E-state index contributed by atoms with van der Waals surface area (Å²) in [6.07, 6.45) is 14.6.